The number of hydrogen-bond acceptors (Lipinski definition) is 3. The molecule has 29 heavy (non-hydrogen) atoms. The van der Waals surface area contributed by atoms with E-state index in [1.807, 2.05) is 36.4 Å². The smallest absolute Gasteiger partial charge is 0.307 e. The van der Waals surface area contributed by atoms with Crippen molar-refractivity contribution < 1.29 is 19.4 Å². The fraction of sp³-hybridized carbons (Fsp3) is 0.167. The Labute approximate surface area is 170 Å². The van der Waals surface area contributed by atoms with E-state index in [1.54, 1.807) is 36.4 Å². The summed E-state index contributed by atoms with van der Waals surface area (Å²) in [6.45, 7) is 2.42. The Kier molecular flexibility index (Phi) is 6.63. The molecular formula is C24H23NO4. The molecular weight excluding hydrogens is 366 g/mol. The predicted octanol–water partition coefficient (Wildman–Crippen LogP) is 4.71. The van der Waals surface area contributed by atoms with Gasteiger partial charge in [0.25, 0.3) is 5.91 Å². The Morgan fingerprint density at radius 2 is 1.55 bits per heavy atom. The summed E-state index contributed by atoms with van der Waals surface area (Å²) >= 11 is 0. The molecule has 0 atom stereocenters. The van der Waals surface area contributed by atoms with Crippen LogP contribution in [0.3, 0.4) is 0 Å². The average Bonchev–Trinajstić information content (AvgIpc) is 2.73. The lowest BCUT2D eigenvalue weighted by molar-refractivity contribution is -0.136. The maximum Gasteiger partial charge on any atom is 0.307 e. The van der Waals surface area contributed by atoms with Gasteiger partial charge in [0.15, 0.2) is 0 Å². The van der Waals surface area contributed by atoms with Crippen LogP contribution in [0.25, 0.3) is 0 Å². The minimum atomic E-state index is -0.851. The Morgan fingerprint density at radius 3 is 2.21 bits per heavy atom. The van der Waals surface area contributed by atoms with Crippen molar-refractivity contribution in [3.05, 3.63) is 95.1 Å². The lowest BCUT2D eigenvalue weighted by Gasteiger charge is -2.11. The summed E-state index contributed by atoms with van der Waals surface area (Å²) in [6.07, 6.45) is 0.855. The number of aliphatic carboxylic acids is 1. The number of para-hydroxylation sites is 1. The molecule has 0 aromatic heterocycles. The van der Waals surface area contributed by atoms with Gasteiger partial charge in [-0.15, -0.1) is 0 Å². The number of benzene rings is 3. The third-order valence-electron chi connectivity index (χ3n) is 4.55. The van der Waals surface area contributed by atoms with E-state index in [1.165, 1.54) is 0 Å². The van der Waals surface area contributed by atoms with Crippen LogP contribution in [0.5, 0.6) is 5.75 Å². The highest BCUT2D eigenvalue weighted by Gasteiger charge is 2.09. The Balaban J connectivity index is 1.57. The van der Waals surface area contributed by atoms with E-state index >= 15 is 0 Å². The summed E-state index contributed by atoms with van der Waals surface area (Å²) in [6, 6.07) is 22.0. The number of hydrogen-bond donors (Lipinski definition) is 2. The number of carboxylic acids is 1. The first kappa shape index (κ1) is 20.1. The second-order valence-corrected chi connectivity index (χ2v) is 6.66. The summed E-state index contributed by atoms with van der Waals surface area (Å²) in [4.78, 5) is 23.2. The zero-order valence-electron chi connectivity index (χ0n) is 16.2. The fourth-order valence-corrected chi connectivity index (χ4v) is 2.94. The van der Waals surface area contributed by atoms with Crippen molar-refractivity contribution in [1.29, 1.82) is 0 Å². The van der Waals surface area contributed by atoms with Gasteiger partial charge in [-0.25, -0.2) is 0 Å². The highest BCUT2D eigenvalue weighted by atomic mass is 16.5. The van der Waals surface area contributed by atoms with Gasteiger partial charge >= 0.3 is 5.97 Å². The highest BCUT2D eigenvalue weighted by molar-refractivity contribution is 6.04. The third kappa shape index (κ3) is 5.69. The molecule has 2 N–H and O–H groups in total. The van der Waals surface area contributed by atoms with Gasteiger partial charge in [-0.05, 0) is 53.4 Å². The topological polar surface area (TPSA) is 75.6 Å². The van der Waals surface area contributed by atoms with Crippen LogP contribution >= 0.6 is 0 Å². The number of anilines is 1. The normalized spacial score (nSPS) is 10.4. The van der Waals surface area contributed by atoms with Crippen LogP contribution in [-0.4, -0.2) is 17.0 Å². The van der Waals surface area contributed by atoms with Crippen molar-refractivity contribution >= 4 is 17.6 Å². The summed E-state index contributed by atoms with van der Waals surface area (Å²) in [7, 11) is 0. The monoisotopic (exact) mass is 389 g/mol. The van der Waals surface area contributed by atoms with E-state index in [9.17, 15) is 9.59 Å². The minimum Gasteiger partial charge on any atom is -0.489 e. The second kappa shape index (κ2) is 9.55. The highest BCUT2D eigenvalue weighted by Crippen LogP contribution is 2.19. The Hall–Kier alpha value is -3.60. The average molecular weight is 389 g/mol. The number of carboxylic acid groups (broad SMARTS) is 1. The maximum atomic E-state index is 12.5. The first-order chi connectivity index (χ1) is 14.0. The van der Waals surface area contributed by atoms with Crippen molar-refractivity contribution in [3.8, 4) is 5.75 Å². The predicted molar refractivity (Wildman–Crippen MR) is 112 cm³/mol. The molecule has 3 rings (SSSR count). The molecule has 0 spiro atoms. The van der Waals surface area contributed by atoms with E-state index < -0.39 is 5.97 Å². The van der Waals surface area contributed by atoms with Gasteiger partial charge in [-0.2, -0.15) is 0 Å². The van der Waals surface area contributed by atoms with Gasteiger partial charge < -0.3 is 15.2 Å². The Bertz CT molecular complexity index is 979. The van der Waals surface area contributed by atoms with Crippen LogP contribution in [0.4, 0.5) is 5.69 Å². The van der Waals surface area contributed by atoms with Crippen molar-refractivity contribution in [3.63, 3.8) is 0 Å². The number of ether oxygens (including phenoxy) is 1. The molecule has 0 heterocycles. The largest absolute Gasteiger partial charge is 0.489 e. The Morgan fingerprint density at radius 1 is 0.897 bits per heavy atom. The van der Waals surface area contributed by atoms with E-state index in [-0.39, 0.29) is 12.3 Å². The van der Waals surface area contributed by atoms with Crippen LogP contribution in [0.2, 0.25) is 0 Å². The molecule has 0 aliphatic heterocycles. The van der Waals surface area contributed by atoms with Crippen LogP contribution in [-0.2, 0) is 24.2 Å². The third-order valence-corrected chi connectivity index (χ3v) is 4.55. The van der Waals surface area contributed by atoms with Crippen LogP contribution in [0, 0.1) is 0 Å². The quantitative estimate of drug-likeness (QED) is 0.585. The molecule has 3 aromatic rings. The number of nitrogens with one attached hydrogen (secondary N) is 1. The summed E-state index contributed by atoms with van der Waals surface area (Å²) in [5, 5.41) is 11.8. The number of amides is 1. The number of rotatable bonds is 8. The van der Waals surface area contributed by atoms with E-state index in [4.69, 9.17) is 9.84 Å². The molecule has 0 bridgehead atoms. The maximum absolute atomic E-state index is 12.5. The number of aryl methyl sites for hydroxylation is 1. The molecule has 3 aromatic carbocycles. The molecule has 0 saturated carbocycles. The van der Waals surface area contributed by atoms with Gasteiger partial charge in [0.1, 0.15) is 12.4 Å². The SMILES string of the molecule is CCc1ccccc1NC(=O)c1ccc(OCc2ccc(CC(=O)O)cc2)cc1. The summed E-state index contributed by atoms with van der Waals surface area (Å²) < 4.78 is 5.75. The zero-order chi connectivity index (χ0) is 20.6. The zero-order valence-corrected chi connectivity index (χ0v) is 16.2. The number of carbonyl (C=O) groups is 2. The van der Waals surface area contributed by atoms with Gasteiger partial charge in [0.05, 0.1) is 6.42 Å². The molecule has 0 fully saturated rings. The molecule has 148 valence electrons. The first-order valence-corrected chi connectivity index (χ1v) is 9.47. The van der Waals surface area contributed by atoms with Crippen molar-refractivity contribution in [2.75, 3.05) is 5.32 Å². The number of carbonyl (C=O) groups excluding carboxylic acids is 1. The fourth-order valence-electron chi connectivity index (χ4n) is 2.94. The molecule has 1 amide bonds. The molecule has 5 heteroatoms. The van der Waals surface area contributed by atoms with Crippen LogP contribution in [0.15, 0.2) is 72.8 Å². The molecule has 5 nitrogen and oxygen atoms in total. The molecule has 0 radical (unpaired) electrons. The van der Waals surface area contributed by atoms with Crippen LogP contribution < -0.4 is 10.1 Å². The van der Waals surface area contributed by atoms with E-state index in [2.05, 4.69) is 12.2 Å². The summed E-state index contributed by atoms with van der Waals surface area (Å²) in [5.41, 5.74) is 4.17. The standard InChI is InChI=1S/C24H23NO4/c1-2-19-5-3-4-6-22(19)25-24(28)20-11-13-21(14-12-20)29-16-18-9-7-17(8-10-18)15-23(26)27/h3-14H,2,15-16H2,1H3,(H,25,28)(H,26,27). The molecule has 0 saturated heterocycles. The van der Waals surface area contributed by atoms with Crippen molar-refractivity contribution in [1.82, 2.24) is 0 Å². The van der Waals surface area contributed by atoms with Gasteiger partial charge in [-0.1, -0.05) is 49.4 Å². The lowest BCUT2D eigenvalue weighted by Crippen LogP contribution is -2.13. The second-order valence-electron chi connectivity index (χ2n) is 6.66. The van der Waals surface area contributed by atoms with Gasteiger partial charge in [0.2, 0.25) is 0 Å². The van der Waals surface area contributed by atoms with Crippen LogP contribution in [0.1, 0.15) is 34.0 Å². The van der Waals surface area contributed by atoms with E-state index in [0.29, 0.717) is 17.9 Å². The molecule has 0 aliphatic carbocycles. The van der Waals surface area contributed by atoms with Crippen molar-refractivity contribution in [2.24, 2.45) is 0 Å². The minimum absolute atomic E-state index is 0.00734. The lowest BCUT2D eigenvalue weighted by atomic mass is 10.1. The molecule has 0 unspecified atom stereocenters. The summed E-state index contributed by atoms with van der Waals surface area (Å²) in [5.74, 6) is -0.354. The van der Waals surface area contributed by atoms with Gasteiger partial charge in [0, 0.05) is 11.3 Å². The van der Waals surface area contributed by atoms with Gasteiger partial charge in [-0.3, -0.25) is 9.59 Å². The van der Waals surface area contributed by atoms with Crippen molar-refractivity contribution in [2.45, 2.75) is 26.4 Å². The van der Waals surface area contributed by atoms with E-state index in [0.717, 1.165) is 28.8 Å². The molecule has 0 aliphatic rings. The first-order valence-electron chi connectivity index (χ1n) is 9.47.